The van der Waals surface area contributed by atoms with Crippen LogP contribution in [0.2, 0.25) is 0 Å². The molecule has 2 amide bonds. The van der Waals surface area contributed by atoms with Crippen molar-refractivity contribution < 1.29 is 14.3 Å². The number of amides is 2. The molecule has 1 heterocycles. The summed E-state index contributed by atoms with van der Waals surface area (Å²) < 4.78 is 5.78. The van der Waals surface area contributed by atoms with Gasteiger partial charge in [-0.25, -0.2) is 0 Å². The second kappa shape index (κ2) is 6.36. The van der Waals surface area contributed by atoms with Crippen LogP contribution in [-0.2, 0) is 16.2 Å². The van der Waals surface area contributed by atoms with Crippen LogP contribution >= 0.6 is 0 Å². The molecule has 0 aliphatic carbocycles. The van der Waals surface area contributed by atoms with Gasteiger partial charge in [-0.1, -0.05) is 42.0 Å². The predicted molar refractivity (Wildman–Crippen MR) is 86.2 cm³/mol. The molecular formula is C18H16N2O3. The summed E-state index contributed by atoms with van der Waals surface area (Å²) in [5, 5.41) is 0. The first kappa shape index (κ1) is 14.8. The van der Waals surface area contributed by atoms with Gasteiger partial charge in [-0.3, -0.25) is 20.4 Å². The maximum Gasteiger partial charge on any atom is 0.275 e. The Morgan fingerprint density at radius 2 is 1.74 bits per heavy atom. The van der Waals surface area contributed by atoms with Gasteiger partial charge in [0, 0.05) is 0 Å². The number of carbonyl (C=O) groups excluding carboxylic acids is 2. The first-order valence-electron chi connectivity index (χ1n) is 7.22. The zero-order valence-corrected chi connectivity index (χ0v) is 12.6. The van der Waals surface area contributed by atoms with Crippen LogP contribution in [0.4, 0.5) is 0 Å². The molecule has 0 spiro atoms. The lowest BCUT2D eigenvalue weighted by molar-refractivity contribution is -0.117. The smallest absolute Gasteiger partial charge is 0.275 e. The Morgan fingerprint density at radius 3 is 2.48 bits per heavy atom. The van der Waals surface area contributed by atoms with E-state index in [1.54, 1.807) is 6.07 Å². The van der Waals surface area contributed by atoms with Crippen LogP contribution in [0, 0.1) is 6.92 Å². The molecule has 2 N–H and O–H groups in total. The maximum atomic E-state index is 11.5. The lowest BCUT2D eigenvalue weighted by atomic mass is 10.1. The highest BCUT2D eigenvalue weighted by molar-refractivity contribution is 6.25. The van der Waals surface area contributed by atoms with E-state index in [0.29, 0.717) is 12.4 Å². The summed E-state index contributed by atoms with van der Waals surface area (Å²) in [7, 11) is 0. The number of carbonyl (C=O) groups is 2. The van der Waals surface area contributed by atoms with Crippen molar-refractivity contribution in [1.29, 1.82) is 0 Å². The summed E-state index contributed by atoms with van der Waals surface area (Å²) in [5.41, 5.74) is 7.62. The lowest BCUT2D eigenvalue weighted by Gasteiger charge is -2.07. The van der Waals surface area contributed by atoms with Crippen molar-refractivity contribution in [2.45, 2.75) is 13.5 Å². The van der Waals surface area contributed by atoms with Crippen LogP contribution in [0.5, 0.6) is 5.75 Å². The highest BCUT2D eigenvalue weighted by atomic mass is 16.5. The number of hydrazine groups is 1. The summed E-state index contributed by atoms with van der Waals surface area (Å²) in [4.78, 5) is 23.0. The molecule has 0 atom stereocenters. The van der Waals surface area contributed by atoms with E-state index in [1.165, 1.54) is 11.6 Å². The average Bonchev–Trinajstić information content (AvgIpc) is 2.85. The largest absolute Gasteiger partial charge is 0.489 e. The van der Waals surface area contributed by atoms with Gasteiger partial charge in [-0.15, -0.1) is 0 Å². The SMILES string of the molecule is Cc1cccc(COc2cccc(C=C3C(=O)NNC3=O)c2)c1. The van der Waals surface area contributed by atoms with Crippen molar-refractivity contribution in [2.24, 2.45) is 0 Å². The van der Waals surface area contributed by atoms with Gasteiger partial charge in [0.05, 0.1) is 0 Å². The Kier molecular flexibility index (Phi) is 4.10. The van der Waals surface area contributed by atoms with E-state index in [4.69, 9.17) is 4.74 Å². The minimum Gasteiger partial charge on any atom is -0.489 e. The molecule has 0 aromatic heterocycles. The number of hydrogen-bond donors (Lipinski definition) is 2. The topological polar surface area (TPSA) is 67.4 Å². The highest BCUT2D eigenvalue weighted by Crippen LogP contribution is 2.18. The van der Waals surface area contributed by atoms with E-state index in [1.807, 2.05) is 43.3 Å². The molecular weight excluding hydrogens is 292 g/mol. The molecule has 0 unspecified atom stereocenters. The fourth-order valence-corrected chi connectivity index (χ4v) is 2.31. The Bertz CT molecular complexity index is 778. The Labute approximate surface area is 133 Å². The highest BCUT2D eigenvalue weighted by Gasteiger charge is 2.25. The van der Waals surface area contributed by atoms with Gasteiger partial charge in [0.25, 0.3) is 11.8 Å². The van der Waals surface area contributed by atoms with Gasteiger partial charge >= 0.3 is 0 Å². The summed E-state index contributed by atoms with van der Waals surface area (Å²) in [6.07, 6.45) is 1.54. The molecule has 3 rings (SSSR count). The molecule has 23 heavy (non-hydrogen) atoms. The van der Waals surface area contributed by atoms with Gasteiger partial charge in [-0.2, -0.15) is 0 Å². The predicted octanol–water partition coefficient (Wildman–Crippen LogP) is 2.12. The number of hydrogen-bond acceptors (Lipinski definition) is 3. The summed E-state index contributed by atoms with van der Waals surface area (Å²) in [5.74, 6) is -0.179. The lowest BCUT2D eigenvalue weighted by Crippen LogP contribution is -2.28. The molecule has 2 aromatic rings. The van der Waals surface area contributed by atoms with Crippen molar-refractivity contribution in [2.75, 3.05) is 0 Å². The second-order valence-electron chi connectivity index (χ2n) is 5.32. The molecule has 1 aliphatic rings. The normalized spacial score (nSPS) is 13.5. The van der Waals surface area contributed by atoms with E-state index in [9.17, 15) is 9.59 Å². The van der Waals surface area contributed by atoms with Gasteiger partial charge in [-0.05, 0) is 36.3 Å². The van der Waals surface area contributed by atoms with E-state index >= 15 is 0 Å². The molecule has 0 bridgehead atoms. The molecule has 0 radical (unpaired) electrons. The zero-order chi connectivity index (χ0) is 16.2. The molecule has 1 fully saturated rings. The van der Waals surface area contributed by atoms with Crippen molar-refractivity contribution in [3.63, 3.8) is 0 Å². The van der Waals surface area contributed by atoms with Crippen molar-refractivity contribution in [1.82, 2.24) is 10.9 Å². The Hall–Kier alpha value is -3.08. The number of rotatable bonds is 4. The molecule has 5 heteroatoms. The standard InChI is InChI=1S/C18H16N2O3/c1-12-4-2-6-14(8-12)11-23-15-7-3-5-13(9-15)10-16-17(21)19-20-18(16)22/h2-10H,11H2,1H3,(H,19,21)(H,20,22). The monoisotopic (exact) mass is 308 g/mol. The van der Waals surface area contributed by atoms with Gasteiger partial charge < -0.3 is 4.74 Å². The fraction of sp³-hybridized carbons (Fsp3) is 0.111. The van der Waals surface area contributed by atoms with Crippen LogP contribution in [0.25, 0.3) is 6.08 Å². The first-order chi connectivity index (χ1) is 11.1. The van der Waals surface area contributed by atoms with Crippen LogP contribution < -0.4 is 15.6 Å². The Balaban J connectivity index is 1.74. The third kappa shape index (κ3) is 3.58. The van der Waals surface area contributed by atoms with Crippen molar-refractivity contribution in [3.8, 4) is 5.75 Å². The number of nitrogens with one attached hydrogen (secondary N) is 2. The van der Waals surface area contributed by atoms with Crippen LogP contribution in [0.3, 0.4) is 0 Å². The third-order valence-electron chi connectivity index (χ3n) is 3.44. The Morgan fingerprint density at radius 1 is 1.00 bits per heavy atom. The van der Waals surface area contributed by atoms with E-state index in [-0.39, 0.29) is 5.57 Å². The third-order valence-corrected chi connectivity index (χ3v) is 3.44. The van der Waals surface area contributed by atoms with Crippen LogP contribution in [-0.4, -0.2) is 11.8 Å². The van der Waals surface area contributed by atoms with E-state index < -0.39 is 11.8 Å². The number of benzene rings is 2. The van der Waals surface area contributed by atoms with Gasteiger partial charge in [0.2, 0.25) is 0 Å². The summed E-state index contributed by atoms with van der Waals surface area (Å²) in [6, 6.07) is 15.4. The fourth-order valence-electron chi connectivity index (χ4n) is 2.31. The zero-order valence-electron chi connectivity index (χ0n) is 12.6. The molecule has 1 saturated heterocycles. The van der Waals surface area contributed by atoms with Crippen LogP contribution in [0.1, 0.15) is 16.7 Å². The summed E-state index contributed by atoms with van der Waals surface area (Å²) in [6.45, 7) is 2.50. The van der Waals surface area contributed by atoms with Gasteiger partial charge in [0.15, 0.2) is 0 Å². The first-order valence-corrected chi connectivity index (χ1v) is 7.22. The van der Waals surface area contributed by atoms with Gasteiger partial charge in [0.1, 0.15) is 17.9 Å². The minimum atomic E-state index is -0.430. The molecule has 1 aliphatic heterocycles. The second-order valence-corrected chi connectivity index (χ2v) is 5.32. The number of ether oxygens (including phenoxy) is 1. The van der Waals surface area contributed by atoms with Crippen molar-refractivity contribution in [3.05, 3.63) is 70.8 Å². The number of aryl methyl sites for hydroxylation is 1. The quantitative estimate of drug-likeness (QED) is 0.671. The van der Waals surface area contributed by atoms with E-state index in [0.717, 1.165) is 11.1 Å². The summed E-state index contributed by atoms with van der Waals surface area (Å²) >= 11 is 0. The molecule has 116 valence electrons. The average molecular weight is 308 g/mol. The van der Waals surface area contributed by atoms with Crippen molar-refractivity contribution >= 4 is 17.9 Å². The maximum absolute atomic E-state index is 11.5. The van der Waals surface area contributed by atoms with E-state index in [2.05, 4.69) is 16.9 Å². The minimum absolute atomic E-state index is 0.0841. The molecule has 0 saturated carbocycles. The van der Waals surface area contributed by atoms with Crippen LogP contribution in [0.15, 0.2) is 54.1 Å². The molecule has 2 aromatic carbocycles. The molecule has 5 nitrogen and oxygen atoms in total.